The van der Waals surface area contributed by atoms with Gasteiger partial charge in [0, 0.05) is 6.04 Å². The van der Waals surface area contributed by atoms with E-state index in [1.165, 1.54) is 6.42 Å². The molecule has 2 rings (SSSR count). The van der Waals surface area contributed by atoms with Crippen LogP contribution in [-0.4, -0.2) is 11.9 Å². The molecule has 1 aliphatic rings. The second kappa shape index (κ2) is 7.08. The average molecular weight is 282 g/mol. The van der Waals surface area contributed by atoms with Gasteiger partial charge in [-0.1, -0.05) is 49.6 Å². The van der Waals surface area contributed by atoms with E-state index in [2.05, 4.69) is 12.2 Å². The Morgan fingerprint density at radius 1 is 1.29 bits per heavy atom. The zero-order valence-electron chi connectivity index (χ0n) is 12.7. The summed E-state index contributed by atoms with van der Waals surface area (Å²) in [6.45, 7) is 4.18. The molecule has 21 heavy (non-hydrogen) atoms. The van der Waals surface area contributed by atoms with Gasteiger partial charge < -0.3 is 5.32 Å². The summed E-state index contributed by atoms with van der Waals surface area (Å²) < 4.78 is 0. The van der Waals surface area contributed by atoms with Crippen molar-refractivity contribution >= 4 is 12.0 Å². The molecule has 1 amide bonds. The average Bonchev–Trinajstić information content (AvgIpc) is 2.49. The molecule has 1 saturated carbocycles. The number of rotatable bonds is 3. The first kappa shape index (κ1) is 15.3. The second-order valence-electron chi connectivity index (χ2n) is 5.92. The molecule has 1 aromatic carbocycles. The van der Waals surface area contributed by atoms with E-state index in [1.54, 1.807) is 6.08 Å². The van der Waals surface area contributed by atoms with Gasteiger partial charge in [0.1, 0.15) is 11.6 Å². The second-order valence-corrected chi connectivity index (χ2v) is 5.92. The topological polar surface area (TPSA) is 52.9 Å². The number of carbonyl (C=O) groups is 1. The molecular weight excluding hydrogens is 260 g/mol. The minimum Gasteiger partial charge on any atom is -0.348 e. The molecule has 2 unspecified atom stereocenters. The van der Waals surface area contributed by atoms with Crippen molar-refractivity contribution in [3.8, 4) is 6.07 Å². The summed E-state index contributed by atoms with van der Waals surface area (Å²) in [4.78, 5) is 12.3. The summed E-state index contributed by atoms with van der Waals surface area (Å²) in [7, 11) is 0. The summed E-state index contributed by atoms with van der Waals surface area (Å²) in [5, 5.41) is 12.3. The molecule has 0 radical (unpaired) electrons. The van der Waals surface area contributed by atoms with Crippen molar-refractivity contribution in [1.29, 1.82) is 5.26 Å². The molecule has 1 N–H and O–H groups in total. The molecule has 2 atom stereocenters. The van der Waals surface area contributed by atoms with Gasteiger partial charge in [-0.25, -0.2) is 0 Å². The Labute approximate surface area is 126 Å². The predicted octanol–water partition coefficient (Wildman–Crippen LogP) is 3.60. The van der Waals surface area contributed by atoms with E-state index in [1.807, 2.05) is 37.3 Å². The van der Waals surface area contributed by atoms with E-state index < -0.39 is 0 Å². The van der Waals surface area contributed by atoms with Crippen molar-refractivity contribution in [2.75, 3.05) is 0 Å². The predicted molar refractivity (Wildman–Crippen MR) is 84.3 cm³/mol. The van der Waals surface area contributed by atoms with Crippen molar-refractivity contribution in [2.24, 2.45) is 5.92 Å². The van der Waals surface area contributed by atoms with Gasteiger partial charge >= 0.3 is 0 Å². The van der Waals surface area contributed by atoms with Crippen LogP contribution in [0.3, 0.4) is 0 Å². The fraction of sp³-hybridized carbons (Fsp3) is 0.444. The first-order chi connectivity index (χ1) is 10.1. The minimum absolute atomic E-state index is 0.177. The van der Waals surface area contributed by atoms with Crippen molar-refractivity contribution in [3.05, 3.63) is 41.0 Å². The van der Waals surface area contributed by atoms with E-state index in [4.69, 9.17) is 0 Å². The quantitative estimate of drug-likeness (QED) is 0.680. The first-order valence-electron chi connectivity index (χ1n) is 7.59. The van der Waals surface area contributed by atoms with Crippen LogP contribution in [0.25, 0.3) is 6.08 Å². The van der Waals surface area contributed by atoms with Gasteiger partial charge in [0.15, 0.2) is 0 Å². The number of amides is 1. The monoisotopic (exact) mass is 282 g/mol. The summed E-state index contributed by atoms with van der Waals surface area (Å²) >= 11 is 0. The number of aryl methyl sites for hydroxylation is 1. The minimum atomic E-state index is -0.253. The zero-order chi connectivity index (χ0) is 15.2. The highest BCUT2D eigenvalue weighted by molar-refractivity contribution is 6.01. The molecular formula is C18H22N2O. The Morgan fingerprint density at radius 3 is 2.57 bits per heavy atom. The lowest BCUT2D eigenvalue weighted by atomic mass is 9.86. The molecule has 1 aliphatic carbocycles. The van der Waals surface area contributed by atoms with Gasteiger partial charge in [-0.2, -0.15) is 5.26 Å². The van der Waals surface area contributed by atoms with Crippen molar-refractivity contribution in [2.45, 2.75) is 45.6 Å². The number of nitrogens with one attached hydrogen (secondary N) is 1. The van der Waals surface area contributed by atoms with Crippen LogP contribution in [0.15, 0.2) is 29.8 Å². The third kappa shape index (κ3) is 4.19. The Hall–Kier alpha value is -2.08. The summed E-state index contributed by atoms with van der Waals surface area (Å²) in [6.07, 6.45) is 6.20. The molecule has 0 aromatic heterocycles. The summed E-state index contributed by atoms with van der Waals surface area (Å²) in [5.74, 6) is 0.235. The maximum Gasteiger partial charge on any atom is 0.262 e. The highest BCUT2D eigenvalue weighted by atomic mass is 16.1. The van der Waals surface area contributed by atoms with E-state index >= 15 is 0 Å². The lowest BCUT2D eigenvalue weighted by Crippen LogP contribution is -2.41. The maximum absolute atomic E-state index is 12.3. The standard InChI is InChI=1S/C18H22N2O/c1-13-7-9-15(10-8-13)11-16(12-19)18(21)20-17-6-4-3-5-14(17)2/h7-11,14,17H,3-6H2,1-2H3,(H,20,21)/b16-11+. The molecule has 0 heterocycles. The van der Waals surface area contributed by atoms with Crippen LogP contribution in [0.1, 0.15) is 43.7 Å². The fourth-order valence-electron chi connectivity index (χ4n) is 2.75. The van der Waals surface area contributed by atoms with Crippen LogP contribution in [0.2, 0.25) is 0 Å². The third-order valence-electron chi connectivity index (χ3n) is 4.18. The Morgan fingerprint density at radius 2 is 1.95 bits per heavy atom. The van der Waals surface area contributed by atoms with Crippen LogP contribution < -0.4 is 5.32 Å². The number of benzene rings is 1. The van der Waals surface area contributed by atoms with Crippen molar-refractivity contribution < 1.29 is 4.79 Å². The van der Waals surface area contributed by atoms with Crippen molar-refractivity contribution in [3.63, 3.8) is 0 Å². The number of carbonyl (C=O) groups excluding carboxylic acids is 1. The molecule has 3 nitrogen and oxygen atoms in total. The Bertz CT molecular complexity index is 566. The van der Waals surface area contributed by atoms with Gasteiger partial charge in [0.2, 0.25) is 0 Å². The van der Waals surface area contributed by atoms with Crippen LogP contribution in [0, 0.1) is 24.2 Å². The van der Waals surface area contributed by atoms with E-state index in [9.17, 15) is 10.1 Å². The fourth-order valence-corrected chi connectivity index (χ4v) is 2.75. The molecule has 1 aromatic rings. The molecule has 110 valence electrons. The maximum atomic E-state index is 12.3. The summed E-state index contributed by atoms with van der Waals surface area (Å²) in [5.41, 5.74) is 2.21. The molecule has 0 spiro atoms. The highest BCUT2D eigenvalue weighted by Crippen LogP contribution is 2.24. The molecule has 1 fully saturated rings. The van der Waals surface area contributed by atoms with Crippen molar-refractivity contribution in [1.82, 2.24) is 5.32 Å². The van der Waals surface area contributed by atoms with Crippen LogP contribution in [0.5, 0.6) is 0 Å². The largest absolute Gasteiger partial charge is 0.348 e. The number of hydrogen-bond donors (Lipinski definition) is 1. The normalized spacial score (nSPS) is 22.4. The lowest BCUT2D eigenvalue weighted by molar-refractivity contribution is -0.118. The lowest BCUT2D eigenvalue weighted by Gasteiger charge is -2.29. The first-order valence-corrected chi connectivity index (χ1v) is 7.59. The van der Waals surface area contributed by atoms with Gasteiger partial charge in [-0.3, -0.25) is 4.79 Å². The number of hydrogen-bond acceptors (Lipinski definition) is 2. The Kier molecular flexibility index (Phi) is 5.16. The van der Waals surface area contributed by atoms with Gasteiger partial charge in [0.25, 0.3) is 5.91 Å². The zero-order valence-corrected chi connectivity index (χ0v) is 12.7. The third-order valence-corrected chi connectivity index (χ3v) is 4.18. The number of nitrogens with zero attached hydrogens (tertiary/aromatic N) is 1. The van der Waals surface area contributed by atoms with Gasteiger partial charge in [-0.15, -0.1) is 0 Å². The van der Waals surface area contributed by atoms with Crippen LogP contribution in [0.4, 0.5) is 0 Å². The molecule has 3 heteroatoms. The van der Waals surface area contributed by atoms with Crippen LogP contribution >= 0.6 is 0 Å². The molecule has 0 saturated heterocycles. The highest BCUT2D eigenvalue weighted by Gasteiger charge is 2.23. The van der Waals surface area contributed by atoms with E-state index in [0.29, 0.717) is 5.92 Å². The smallest absolute Gasteiger partial charge is 0.262 e. The Balaban J connectivity index is 2.08. The van der Waals surface area contributed by atoms with Gasteiger partial charge in [-0.05, 0) is 37.3 Å². The van der Waals surface area contributed by atoms with Gasteiger partial charge in [0.05, 0.1) is 0 Å². The SMILES string of the molecule is Cc1ccc(/C=C(\C#N)C(=O)NC2CCCCC2C)cc1. The van der Waals surface area contributed by atoms with Crippen LogP contribution in [-0.2, 0) is 4.79 Å². The summed E-state index contributed by atoms with van der Waals surface area (Å²) in [6, 6.07) is 10.0. The van der Waals surface area contributed by atoms with E-state index in [-0.39, 0.29) is 17.5 Å². The molecule has 0 aliphatic heterocycles. The number of nitriles is 1. The molecule has 0 bridgehead atoms. The van der Waals surface area contributed by atoms with E-state index in [0.717, 1.165) is 30.4 Å².